The summed E-state index contributed by atoms with van der Waals surface area (Å²) in [6, 6.07) is 2.25. The first-order valence-electron chi connectivity index (χ1n) is 19.9. The van der Waals surface area contributed by atoms with Gasteiger partial charge in [-0.3, -0.25) is 19.2 Å². The van der Waals surface area contributed by atoms with E-state index in [2.05, 4.69) is 17.4 Å². The van der Waals surface area contributed by atoms with Crippen LogP contribution in [0.1, 0.15) is 162 Å². The molecule has 13 heteroatoms. The molecule has 296 valence electrons. The lowest BCUT2D eigenvalue weighted by Gasteiger charge is -2.42. The number of unbranched alkanes of at least 4 members (excludes halogenated alkanes) is 12. The topological polar surface area (TPSA) is 129 Å². The number of pyridine rings is 1. The third kappa shape index (κ3) is 10.1. The van der Waals surface area contributed by atoms with Crippen LogP contribution < -0.4 is 15.5 Å². The van der Waals surface area contributed by atoms with Crippen molar-refractivity contribution in [2.75, 3.05) is 13.3 Å². The molecule has 11 nitrogen and oxygen atoms in total. The van der Waals surface area contributed by atoms with Crippen LogP contribution in [0, 0.1) is 11.6 Å². The van der Waals surface area contributed by atoms with Gasteiger partial charge in [0.2, 0.25) is 18.0 Å². The first-order valence-corrected chi connectivity index (χ1v) is 19.9. The van der Waals surface area contributed by atoms with Gasteiger partial charge in [0.05, 0.1) is 11.8 Å². The normalized spacial score (nSPS) is 20.3. The lowest BCUT2D eigenvalue weighted by molar-refractivity contribution is -0.150. The summed E-state index contributed by atoms with van der Waals surface area (Å²) in [5.74, 6) is -3.85. The largest absolute Gasteiger partial charge is 0.451 e. The van der Waals surface area contributed by atoms with Crippen LogP contribution in [0.4, 0.5) is 8.78 Å². The van der Waals surface area contributed by atoms with Crippen molar-refractivity contribution in [1.29, 1.82) is 0 Å². The van der Waals surface area contributed by atoms with Gasteiger partial charge in [-0.2, -0.15) is 0 Å². The van der Waals surface area contributed by atoms with Gasteiger partial charge in [0.25, 0.3) is 11.8 Å². The van der Waals surface area contributed by atoms with Crippen molar-refractivity contribution >= 4 is 23.5 Å². The number of ether oxygens (including phenoxy) is 2. The van der Waals surface area contributed by atoms with Crippen LogP contribution in [0.5, 0.6) is 5.75 Å². The summed E-state index contributed by atoms with van der Waals surface area (Å²) in [5.41, 5.74) is -1.38. The number of nitrogens with zero attached hydrogens (tertiary/aromatic N) is 3. The molecule has 0 aliphatic carbocycles. The van der Waals surface area contributed by atoms with Crippen LogP contribution in [0.3, 0.4) is 0 Å². The van der Waals surface area contributed by atoms with E-state index in [-0.39, 0.29) is 42.4 Å². The molecule has 0 radical (unpaired) electrons. The van der Waals surface area contributed by atoms with Gasteiger partial charge in [0, 0.05) is 49.8 Å². The Morgan fingerprint density at radius 3 is 2.30 bits per heavy atom. The minimum atomic E-state index is -0.888. The van der Waals surface area contributed by atoms with Gasteiger partial charge in [-0.15, -0.1) is 0 Å². The zero-order chi connectivity index (χ0) is 38.7. The number of hydrogen-bond donors (Lipinski definition) is 1. The van der Waals surface area contributed by atoms with Crippen LogP contribution in [-0.2, 0) is 20.9 Å². The predicted molar refractivity (Wildman–Crippen MR) is 200 cm³/mol. The predicted octanol–water partition coefficient (Wildman–Crippen LogP) is 8.13. The van der Waals surface area contributed by atoms with Gasteiger partial charge < -0.3 is 29.1 Å². The molecule has 5 rings (SSSR count). The number of esters is 1. The smallest absolute Gasteiger partial charge is 0.308 e. The minimum Gasteiger partial charge on any atom is -0.451 e. The summed E-state index contributed by atoms with van der Waals surface area (Å²) in [6.45, 7) is 5.30. The molecule has 3 atom stereocenters. The van der Waals surface area contributed by atoms with E-state index in [0.717, 1.165) is 31.0 Å². The fraction of sp³-hybridized carbons (Fsp3) is 0.634. The summed E-state index contributed by atoms with van der Waals surface area (Å²) < 4.78 is 40.6. The zero-order valence-electron chi connectivity index (χ0n) is 32.1. The standard InChI is InChI=1S/C41H56F2N4O7/c1-4-5-6-7-8-9-10-11-12-13-14-15-16-17-35(48)52-27-53-38-36-40(51)46-26-34(41(21-20-29(46)3)23-28(2)45-54-41)47(36)25-32(37(38)49)39(50)44-24-30-18-19-31(42)22-33(30)43/h18-19,22,25,29,34H,4-17,20-21,23-24,26-27H2,1-3H3,(H,44,50)/t29-,34+,41-/m0/s1. The molecule has 1 aromatic heterocycles. The molecule has 1 fully saturated rings. The van der Waals surface area contributed by atoms with E-state index in [4.69, 9.17) is 14.3 Å². The first-order chi connectivity index (χ1) is 26.0. The third-order valence-corrected chi connectivity index (χ3v) is 11.0. The quantitative estimate of drug-likeness (QED) is 0.0822. The van der Waals surface area contributed by atoms with Crippen molar-refractivity contribution in [2.24, 2.45) is 5.16 Å². The monoisotopic (exact) mass is 754 g/mol. The summed E-state index contributed by atoms with van der Waals surface area (Å²) in [5, 5.41) is 6.77. The molecule has 4 heterocycles. The van der Waals surface area contributed by atoms with Crippen LogP contribution in [0.2, 0.25) is 0 Å². The molecule has 2 bridgehead atoms. The number of rotatable bonds is 20. The summed E-state index contributed by atoms with van der Waals surface area (Å²) in [7, 11) is 0. The molecular weight excluding hydrogens is 698 g/mol. The molecule has 1 N–H and O–H groups in total. The van der Waals surface area contributed by atoms with E-state index < -0.39 is 59.0 Å². The number of fused-ring (bicyclic) bond motifs is 5. The Kier molecular flexibility index (Phi) is 14.6. The summed E-state index contributed by atoms with van der Waals surface area (Å²) in [4.78, 5) is 62.0. The zero-order valence-corrected chi connectivity index (χ0v) is 32.1. The van der Waals surface area contributed by atoms with E-state index in [1.165, 1.54) is 70.1 Å². The van der Waals surface area contributed by atoms with Crippen molar-refractivity contribution in [1.82, 2.24) is 14.8 Å². The summed E-state index contributed by atoms with van der Waals surface area (Å²) >= 11 is 0. The second kappa shape index (κ2) is 19.3. The number of amides is 2. The van der Waals surface area contributed by atoms with Gasteiger partial charge >= 0.3 is 5.97 Å². The Balaban J connectivity index is 1.24. The number of benzene rings is 1. The molecule has 0 unspecified atom stereocenters. The van der Waals surface area contributed by atoms with Crippen molar-refractivity contribution in [3.05, 3.63) is 63.1 Å². The Bertz CT molecular complexity index is 1730. The fourth-order valence-corrected chi connectivity index (χ4v) is 7.86. The van der Waals surface area contributed by atoms with E-state index in [9.17, 15) is 28.0 Å². The number of nitrogens with one attached hydrogen (secondary N) is 1. The molecule has 3 aliphatic rings. The Morgan fingerprint density at radius 2 is 1.67 bits per heavy atom. The Hall–Kier alpha value is -4.29. The molecule has 1 spiro atoms. The number of halogens is 2. The average Bonchev–Trinajstić information content (AvgIpc) is 3.48. The van der Waals surface area contributed by atoms with Crippen LogP contribution in [0.15, 0.2) is 34.3 Å². The maximum atomic E-state index is 14.4. The van der Waals surface area contributed by atoms with Gasteiger partial charge in [0.1, 0.15) is 17.2 Å². The number of aromatic nitrogens is 1. The first kappa shape index (κ1) is 40.9. The molecular formula is C41H56F2N4O7. The highest BCUT2D eigenvalue weighted by molar-refractivity contribution is 5.99. The number of oxime groups is 1. The lowest BCUT2D eigenvalue weighted by atomic mass is 9.84. The Morgan fingerprint density at radius 1 is 1.00 bits per heavy atom. The van der Waals surface area contributed by atoms with Crippen molar-refractivity contribution in [3.63, 3.8) is 0 Å². The third-order valence-electron chi connectivity index (χ3n) is 11.0. The fourth-order valence-electron chi connectivity index (χ4n) is 7.86. The van der Waals surface area contributed by atoms with Crippen molar-refractivity contribution in [3.8, 4) is 5.75 Å². The second-order valence-electron chi connectivity index (χ2n) is 15.2. The van der Waals surface area contributed by atoms with Crippen LogP contribution in [-0.4, -0.2) is 57.9 Å². The summed E-state index contributed by atoms with van der Waals surface area (Å²) in [6.07, 6.45) is 18.5. The highest BCUT2D eigenvalue weighted by Gasteiger charge is 2.54. The maximum absolute atomic E-state index is 14.4. The van der Waals surface area contributed by atoms with Crippen LogP contribution in [0.25, 0.3) is 0 Å². The SMILES string of the molecule is CCCCCCCCCCCCCCCC(=O)OCOc1c2n(cc(C(=O)NCc3ccc(F)cc3F)c1=O)[C@@H]1CN(C2=O)[C@@H](C)CC[C@]12CC(C)=NO2. The van der Waals surface area contributed by atoms with Crippen molar-refractivity contribution in [2.45, 2.75) is 154 Å². The molecule has 3 aliphatic heterocycles. The number of carbonyl (C=O) groups is 3. The lowest BCUT2D eigenvalue weighted by Crippen LogP contribution is -2.52. The van der Waals surface area contributed by atoms with Crippen molar-refractivity contribution < 1.29 is 37.5 Å². The molecule has 0 saturated carbocycles. The molecule has 1 aromatic carbocycles. The highest BCUT2D eigenvalue weighted by Crippen LogP contribution is 2.46. The maximum Gasteiger partial charge on any atom is 0.308 e. The van der Waals surface area contributed by atoms with Crippen LogP contribution >= 0.6 is 0 Å². The van der Waals surface area contributed by atoms with E-state index >= 15 is 0 Å². The van der Waals surface area contributed by atoms with E-state index in [0.29, 0.717) is 31.7 Å². The van der Waals surface area contributed by atoms with E-state index in [1.807, 2.05) is 13.8 Å². The average molecular weight is 755 g/mol. The Labute approximate surface area is 316 Å². The van der Waals surface area contributed by atoms with Gasteiger partial charge in [-0.05, 0) is 39.2 Å². The molecule has 54 heavy (non-hydrogen) atoms. The number of carbonyl (C=O) groups excluding carboxylic acids is 3. The molecule has 2 aromatic rings. The second-order valence-corrected chi connectivity index (χ2v) is 15.2. The number of hydrogen-bond acceptors (Lipinski definition) is 8. The minimum absolute atomic E-state index is 0.0178. The molecule has 2 amide bonds. The highest BCUT2D eigenvalue weighted by atomic mass is 19.1. The van der Waals surface area contributed by atoms with Gasteiger partial charge in [0.15, 0.2) is 11.3 Å². The van der Waals surface area contributed by atoms with Gasteiger partial charge in [-0.25, -0.2) is 8.78 Å². The van der Waals surface area contributed by atoms with E-state index in [1.54, 1.807) is 9.47 Å². The van der Waals surface area contributed by atoms with Gasteiger partial charge in [-0.1, -0.05) is 95.2 Å². The molecule has 1 saturated heterocycles.